The predicted molar refractivity (Wildman–Crippen MR) is 86.2 cm³/mol. The molecule has 1 amide bonds. The summed E-state index contributed by atoms with van der Waals surface area (Å²) in [6.45, 7) is 2.36. The molecule has 1 aliphatic heterocycles. The van der Waals surface area contributed by atoms with Crippen molar-refractivity contribution in [1.29, 1.82) is 0 Å². The number of alkyl halides is 1. The van der Waals surface area contributed by atoms with Gasteiger partial charge in [0.1, 0.15) is 0 Å². The molecule has 0 radical (unpaired) electrons. The van der Waals surface area contributed by atoms with Gasteiger partial charge >= 0.3 is 0 Å². The van der Waals surface area contributed by atoms with Crippen LogP contribution in [0.15, 0.2) is 18.2 Å². The molecular formula is C17H22BrNO. The lowest BCUT2D eigenvalue weighted by molar-refractivity contribution is -0.116. The van der Waals surface area contributed by atoms with E-state index in [2.05, 4.69) is 46.4 Å². The number of rotatable bonds is 2. The molecule has 1 fully saturated rings. The number of hydrogen-bond donors (Lipinski definition) is 1. The summed E-state index contributed by atoms with van der Waals surface area (Å²) in [6.07, 6.45) is 6.85. The van der Waals surface area contributed by atoms with Crippen molar-refractivity contribution in [3.05, 3.63) is 29.3 Å². The number of anilines is 1. The number of amides is 1. The lowest BCUT2D eigenvalue weighted by Crippen LogP contribution is -2.20. The highest BCUT2D eigenvalue weighted by Gasteiger charge is 2.26. The van der Waals surface area contributed by atoms with Gasteiger partial charge in [-0.15, -0.1) is 0 Å². The molecule has 1 heterocycles. The summed E-state index contributed by atoms with van der Waals surface area (Å²) >= 11 is 3.92. The molecule has 1 atom stereocenters. The molecule has 0 spiro atoms. The monoisotopic (exact) mass is 335 g/mol. The molecule has 1 saturated carbocycles. The van der Waals surface area contributed by atoms with Gasteiger partial charge in [-0.1, -0.05) is 47.8 Å². The largest absolute Gasteiger partial charge is 0.326 e. The predicted octanol–water partition coefficient (Wildman–Crippen LogP) is 4.83. The smallest absolute Gasteiger partial charge is 0.224 e. The van der Waals surface area contributed by atoms with E-state index < -0.39 is 0 Å². The van der Waals surface area contributed by atoms with Gasteiger partial charge in [0.2, 0.25) is 5.91 Å². The number of hydrogen-bond acceptors (Lipinski definition) is 1. The van der Waals surface area contributed by atoms with E-state index in [9.17, 15) is 4.79 Å². The summed E-state index contributed by atoms with van der Waals surface area (Å²) in [5.74, 6) is 1.79. The average molecular weight is 336 g/mol. The van der Waals surface area contributed by atoms with Crippen molar-refractivity contribution in [2.45, 2.75) is 50.3 Å². The zero-order chi connectivity index (χ0) is 14.1. The van der Waals surface area contributed by atoms with Crippen LogP contribution in [0.4, 0.5) is 5.69 Å². The van der Waals surface area contributed by atoms with Gasteiger partial charge in [-0.05, 0) is 48.3 Å². The van der Waals surface area contributed by atoms with E-state index in [-0.39, 0.29) is 5.91 Å². The molecule has 0 aromatic heterocycles. The Hall–Kier alpha value is -0.830. The molecular weight excluding hydrogens is 314 g/mol. The molecule has 108 valence electrons. The van der Waals surface area contributed by atoms with Crippen molar-refractivity contribution in [2.24, 2.45) is 11.8 Å². The molecule has 1 N–H and O–H groups in total. The van der Waals surface area contributed by atoms with Crippen molar-refractivity contribution in [3.8, 4) is 0 Å². The minimum atomic E-state index is 0.141. The highest BCUT2D eigenvalue weighted by atomic mass is 79.9. The van der Waals surface area contributed by atoms with E-state index in [1.165, 1.54) is 36.8 Å². The summed E-state index contributed by atoms with van der Waals surface area (Å²) in [5, 5.41) is 2.96. The van der Waals surface area contributed by atoms with Crippen molar-refractivity contribution >= 4 is 27.5 Å². The van der Waals surface area contributed by atoms with Crippen LogP contribution in [0, 0.1) is 11.8 Å². The van der Waals surface area contributed by atoms with Gasteiger partial charge < -0.3 is 5.32 Å². The van der Waals surface area contributed by atoms with Crippen LogP contribution in [-0.4, -0.2) is 5.91 Å². The maximum Gasteiger partial charge on any atom is 0.224 e. The first-order valence-electron chi connectivity index (χ1n) is 7.70. The summed E-state index contributed by atoms with van der Waals surface area (Å²) in [5.41, 5.74) is 3.66. The topological polar surface area (TPSA) is 29.1 Å². The first-order valence-corrected chi connectivity index (χ1v) is 8.62. The van der Waals surface area contributed by atoms with Crippen molar-refractivity contribution < 1.29 is 4.79 Å². The van der Waals surface area contributed by atoms with Crippen molar-refractivity contribution in [1.82, 2.24) is 0 Å². The normalized spacial score (nSPS) is 27.6. The lowest BCUT2D eigenvalue weighted by atomic mass is 9.80. The number of nitrogens with one attached hydrogen (secondary N) is 1. The molecule has 20 heavy (non-hydrogen) atoms. The van der Waals surface area contributed by atoms with Crippen LogP contribution in [0.25, 0.3) is 0 Å². The highest BCUT2D eigenvalue weighted by Crippen LogP contribution is 2.42. The molecule has 1 aromatic carbocycles. The number of carbonyl (C=O) groups is 1. The summed E-state index contributed by atoms with van der Waals surface area (Å²) in [4.78, 5) is 11.9. The molecule has 1 aromatic rings. The quantitative estimate of drug-likeness (QED) is 0.770. The fourth-order valence-electron chi connectivity index (χ4n) is 3.43. The maximum absolute atomic E-state index is 11.4. The van der Waals surface area contributed by atoms with Gasteiger partial charge in [-0.2, -0.15) is 0 Å². The number of benzene rings is 1. The number of aryl methyl sites for hydroxylation is 1. The van der Waals surface area contributed by atoms with E-state index in [4.69, 9.17) is 0 Å². The Kier molecular flexibility index (Phi) is 4.16. The highest BCUT2D eigenvalue weighted by molar-refractivity contribution is 9.09. The molecule has 1 aliphatic carbocycles. The zero-order valence-corrected chi connectivity index (χ0v) is 13.6. The van der Waals surface area contributed by atoms with Gasteiger partial charge in [-0.25, -0.2) is 0 Å². The van der Waals surface area contributed by atoms with Crippen LogP contribution in [0.2, 0.25) is 0 Å². The average Bonchev–Trinajstić information content (AvgIpc) is 2.47. The molecule has 0 saturated heterocycles. The van der Waals surface area contributed by atoms with Crippen LogP contribution in [-0.2, 0) is 11.2 Å². The lowest BCUT2D eigenvalue weighted by Gasteiger charge is -2.30. The minimum Gasteiger partial charge on any atom is -0.326 e. The Morgan fingerprint density at radius 3 is 2.70 bits per heavy atom. The second-order valence-corrected chi connectivity index (χ2v) is 7.37. The summed E-state index contributed by atoms with van der Waals surface area (Å²) < 4.78 is 0. The van der Waals surface area contributed by atoms with Gasteiger partial charge in [0.05, 0.1) is 0 Å². The Labute approximate surface area is 129 Å². The van der Waals surface area contributed by atoms with E-state index in [0.717, 1.165) is 23.9 Å². The molecule has 1 unspecified atom stereocenters. The second kappa shape index (κ2) is 5.88. The fraction of sp³-hybridized carbons (Fsp3) is 0.588. The van der Waals surface area contributed by atoms with Gasteiger partial charge in [0.25, 0.3) is 0 Å². The molecule has 2 nitrogen and oxygen atoms in total. The standard InChI is InChI=1S/C17H22BrNO/c1-11-2-4-12(5-3-11)17(18)14-6-8-15-13(10-14)7-9-16(20)19-15/h6,8,10-12,17H,2-5,7,9H2,1H3,(H,19,20). The third kappa shape index (κ3) is 2.93. The van der Waals surface area contributed by atoms with Crippen molar-refractivity contribution in [2.75, 3.05) is 5.32 Å². The first kappa shape index (κ1) is 14.1. The SMILES string of the molecule is CC1CCC(C(Br)c2ccc3c(c2)CCC(=O)N3)CC1. The van der Waals surface area contributed by atoms with E-state index >= 15 is 0 Å². The Morgan fingerprint density at radius 2 is 1.95 bits per heavy atom. The van der Waals surface area contributed by atoms with Gasteiger partial charge in [0, 0.05) is 16.9 Å². The van der Waals surface area contributed by atoms with Gasteiger partial charge in [-0.3, -0.25) is 4.79 Å². The van der Waals surface area contributed by atoms with Crippen LogP contribution in [0.1, 0.15) is 55.0 Å². The van der Waals surface area contributed by atoms with Crippen LogP contribution < -0.4 is 5.32 Å². The Morgan fingerprint density at radius 1 is 1.20 bits per heavy atom. The molecule has 3 heteroatoms. The van der Waals surface area contributed by atoms with Crippen LogP contribution >= 0.6 is 15.9 Å². The maximum atomic E-state index is 11.4. The molecule has 2 aliphatic rings. The summed E-state index contributed by atoms with van der Waals surface area (Å²) in [7, 11) is 0. The second-order valence-electron chi connectivity index (χ2n) is 6.39. The van der Waals surface area contributed by atoms with Crippen LogP contribution in [0.5, 0.6) is 0 Å². The Bertz CT molecular complexity index is 506. The number of halogens is 1. The zero-order valence-electron chi connectivity index (χ0n) is 12.0. The molecule has 3 rings (SSSR count). The van der Waals surface area contributed by atoms with E-state index in [1.54, 1.807) is 0 Å². The number of carbonyl (C=O) groups excluding carboxylic acids is 1. The third-order valence-electron chi connectivity index (χ3n) is 4.82. The third-order valence-corrected chi connectivity index (χ3v) is 6.09. The summed E-state index contributed by atoms with van der Waals surface area (Å²) in [6, 6.07) is 6.52. The van der Waals surface area contributed by atoms with Crippen molar-refractivity contribution in [3.63, 3.8) is 0 Å². The van der Waals surface area contributed by atoms with E-state index in [1.807, 2.05) is 0 Å². The van der Waals surface area contributed by atoms with Gasteiger partial charge in [0.15, 0.2) is 0 Å². The fourth-order valence-corrected chi connectivity index (χ4v) is 4.24. The molecule has 0 bridgehead atoms. The number of fused-ring (bicyclic) bond motifs is 1. The van der Waals surface area contributed by atoms with E-state index in [0.29, 0.717) is 11.2 Å². The first-order chi connectivity index (χ1) is 9.63. The minimum absolute atomic E-state index is 0.141. The van der Waals surface area contributed by atoms with Crippen LogP contribution in [0.3, 0.4) is 0 Å². The Balaban J connectivity index is 1.75.